The highest BCUT2D eigenvalue weighted by atomic mass is 32.1. The number of ether oxygens (including phenoxy) is 1. The van der Waals surface area contributed by atoms with Gasteiger partial charge < -0.3 is 19.9 Å². The largest absolute Gasteiger partial charge is 0.479 e. The van der Waals surface area contributed by atoms with Gasteiger partial charge in [-0.2, -0.15) is 0 Å². The van der Waals surface area contributed by atoms with Crippen molar-refractivity contribution in [2.45, 2.75) is 37.8 Å². The predicted molar refractivity (Wildman–Crippen MR) is 87.7 cm³/mol. The molecule has 8 heteroatoms. The van der Waals surface area contributed by atoms with E-state index >= 15 is 0 Å². The topological polar surface area (TPSA) is 93.5 Å². The van der Waals surface area contributed by atoms with Crippen LogP contribution in [0.15, 0.2) is 28.1 Å². The standard InChI is InChI=1S/C16H19N3O4S/c1-22-15-9-10(23-19-15)4-6-13(20)17-11-5-7-14(21)18-16(11)12-3-2-8-24-12/h2-3,8-9,11,16H,4-7H2,1H3,(H,17,20)(H,18,21)/t11-,16-/m1/s1. The van der Waals surface area contributed by atoms with Gasteiger partial charge in [0.15, 0.2) is 0 Å². The zero-order valence-electron chi connectivity index (χ0n) is 13.3. The maximum absolute atomic E-state index is 12.2. The Morgan fingerprint density at radius 2 is 2.46 bits per heavy atom. The monoisotopic (exact) mass is 349 g/mol. The highest BCUT2D eigenvalue weighted by Crippen LogP contribution is 2.27. The molecule has 24 heavy (non-hydrogen) atoms. The summed E-state index contributed by atoms with van der Waals surface area (Å²) >= 11 is 1.57. The number of hydrogen-bond acceptors (Lipinski definition) is 6. The van der Waals surface area contributed by atoms with Crippen LogP contribution < -0.4 is 15.4 Å². The maximum atomic E-state index is 12.2. The van der Waals surface area contributed by atoms with Gasteiger partial charge in [-0.1, -0.05) is 6.07 Å². The molecule has 0 spiro atoms. The number of nitrogens with one attached hydrogen (secondary N) is 2. The van der Waals surface area contributed by atoms with Crippen molar-refractivity contribution in [2.24, 2.45) is 0 Å². The van der Waals surface area contributed by atoms with Gasteiger partial charge >= 0.3 is 0 Å². The Hall–Kier alpha value is -2.35. The summed E-state index contributed by atoms with van der Waals surface area (Å²) in [5.74, 6) is 0.952. The number of aromatic nitrogens is 1. The second kappa shape index (κ2) is 7.48. The molecule has 0 aromatic carbocycles. The Morgan fingerprint density at radius 3 is 3.17 bits per heavy atom. The van der Waals surface area contributed by atoms with Crippen LogP contribution in [0.5, 0.6) is 5.88 Å². The molecule has 2 atom stereocenters. The molecule has 1 aliphatic heterocycles. The first-order valence-electron chi connectivity index (χ1n) is 7.77. The molecular weight excluding hydrogens is 330 g/mol. The predicted octanol–water partition coefficient (Wildman–Crippen LogP) is 1.81. The first-order valence-corrected chi connectivity index (χ1v) is 8.65. The van der Waals surface area contributed by atoms with Gasteiger partial charge in [-0.05, 0) is 23.0 Å². The number of amides is 2. The highest BCUT2D eigenvalue weighted by Gasteiger charge is 2.31. The summed E-state index contributed by atoms with van der Waals surface area (Å²) in [5, 5.41) is 11.7. The summed E-state index contributed by atoms with van der Waals surface area (Å²) in [6.07, 6.45) is 1.80. The van der Waals surface area contributed by atoms with E-state index in [0.29, 0.717) is 37.3 Å². The summed E-state index contributed by atoms with van der Waals surface area (Å²) in [4.78, 5) is 25.0. The second-order valence-corrected chi connectivity index (χ2v) is 6.59. The summed E-state index contributed by atoms with van der Waals surface area (Å²) in [5.41, 5.74) is 0. The first-order chi connectivity index (χ1) is 11.7. The average molecular weight is 349 g/mol. The molecular formula is C16H19N3O4S. The van der Waals surface area contributed by atoms with Gasteiger partial charge in [0.2, 0.25) is 11.8 Å². The molecule has 0 aliphatic carbocycles. The molecule has 0 bridgehead atoms. The van der Waals surface area contributed by atoms with Gasteiger partial charge in [0, 0.05) is 30.2 Å². The van der Waals surface area contributed by atoms with Crippen LogP contribution in [0.25, 0.3) is 0 Å². The fourth-order valence-corrected chi connectivity index (χ4v) is 3.56. The van der Waals surface area contributed by atoms with Gasteiger partial charge in [0.05, 0.1) is 19.2 Å². The molecule has 0 radical (unpaired) electrons. The van der Waals surface area contributed by atoms with Crippen LogP contribution in [0.1, 0.15) is 35.9 Å². The molecule has 2 N–H and O–H groups in total. The van der Waals surface area contributed by atoms with Crippen molar-refractivity contribution in [3.8, 4) is 5.88 Å². The van der Waals surface area contributed by atoms with Crippen molar-refractivity contribution in [3.05, 3.63) is 34.2 Å². The molecule has 3 rings (SSSR count). The van der Waals surface area contributed by atoms with Crippen LogP contribution >= 0.6 is 11.3 Å². The molecule has 1 aliphatic rings. The van der Waals surface area contributed by atoms with E-state index in [-0.39, 0.29) is 23.9 Å². The summed E-state index contributed by atoms with van der Waals surface area (Å²) in [7, 11) is 1.51. The molecule has 2 aromatic rings. The number of rotatable bonds is 6. The van der Waals surface area contributed by atoms with Crippen LogP contribution in [-0.4, -0.2) is 30.1 Å². The fourth-order valence-electron chi connectivity index (χ4n) is 2.72. The molecule has 2 amide bonds. The number of carbonyl (C=O) groups is 2. The van der Waals surface area contributed by atoms with Gasteiger partial charge in [-0.15, -0.1) is 11.3 Å². The van der Waals surface area contributed by atoms with E-state index in [2.05, 4.69) is 15.8 Å². The quantitative estimate of drug-likeness (QED) is 0.830. The number of aryl methyl sites for hydroxylation is 1. The highest BCUT2D eigenvalue weighted by molar-refractivity contribution is 7.10. The second-order valence-electron chi connectivity index (χ2n) is 5.61. The average Bonchev–Trinajstić information content (AvgIpc) is 3.26. The zero-order valence-corrected chi connectivity index (χ0v) is 14.1. The summed E-state index contributed by atoms with van der Waals surface area (Å²) < 4.78 is 10.0. The molecule has 128 valence electrons. The Balaban J connectivity index is 1.56. The normalized spacial score (nSPS) is 20.5. The van der Waals surface area contributed by atoms with Gasteiger partial charge in [-0.3, -0.25) is 9.59 Å². The Kier molecular flexibility index (Phi) is 5.14. The third kappa shape index (κ3) is 3.94. The van der Waals surface area contributed by atoms with Crippen LogP contribution in [-0.2, 0) is 16.0 Å². The van der Waals surface area contributed by atoms with E-state index in [9.17, 15) is 9.59 Å². The van der Waals surface area contributed by atoms with Crippen LogP contribution in [0.2, 0.25) is 0 Å². The van der Waals surface area contributed by atoms with E-state index in [1.165, 1.54) is 7.11 Å². The minimum absolute atomic E-state index is 0.0210. The molecule has 0 saturated carbocycles. The van der Waals surface area contributed by atoms with Crippen molar-refractivity contribution in [3.63, 3.8) is 0 Å². The first kappa shape index (κ1) is 16.5. The lowest BCUT2D eigenvalue weighted by molar-refractivity contribution is -0.127. The molecule has 7 nitrogen and oxygen atoms in total. The lowest BCUT2D eigenvalue weighted by Gasteiger charge is -2.32. The lowest BCUT2D eigenvalue weighted by atomic mass is 9.96. The Bertz CT molecular complexity index is 698. The molecule has 1 saturated heterocycles. The fraction of sp³-hybridized carbons (Fsp3) is 0.438. The van der Waals surface area contributed by atoms with E-state index in [4.69, 9.17) is 9.26 Å². The molecule has 3 heterocycles. The number of hydrogen-bond donors (Lipinski definition) is 2. The van der Waals surface area contributed by atoms with E-state index in [0.717, 1.165) is 4.88 Å². The van der Waals surface area contributed by atoms with Gasteiger partial charge in [0.1, 0.15) is 5.76 Å². The van der Waals surface area contributed by atoms with E-state index in [1.807, 2.05) is 17.5 Å². The minimum Gasteiger partial charge on any atom is -0.479 e. The smallest absolute Gasteiger partial charge is 0.254 e. The van der Waals surface area contributed by atoms with Crippen LogP contribution in [0.4, 0.5) is 0 Å². The van der Waals surface area contributed by atoms with Gasteiger partial charge in [-0.25, -0.2) is 0 Å². The maximum Gasteiger partial charge on any atom is 0.254 e. The number of carbonyl (C=O) groups excluding carboxylic acids is 2. The molecule has 1 fully saturated rings. The minimum atomic E-state index is -0.166. The SMILES string of the molecule is COc1cc(CCC(=O)N[C@@H]2CCC(=O)N[C@H]2c2cccs2)on1. The number of piperidine rings is 1. The Labute approximate surface area is 143 Å². The number of methoxy groups -OCH3 is 1. The zero-order chi connectivity index (χ0) is 16.9. The van der Waals surface area contributed by atoms with Gasteiger partial charge in [0.25, 0.3) is 5.88 Å². The van der Waals surface area contributed by atoms with Crippen molar-refractivity contribution in [2.75, 3.05) is 7.11 Å². The van der Waals surface area contributed by atoms with E-state index in [1.54, 1.807) is 17.4 Å². The summed E-state index contributed by atoms with van der Waals surface area (Å²) in [6, 6.07) is 5.32. The Morgan fingerprint density at radius 1 is 1.58 bits per heavy atom. The molecule has 0 unspecified atom stereocenters. The number of thiophene rings is 1. The van der Waals surface area contributed by atoms with Crippen molar-refractivity contribution in [1.29, 1.82) is 0 Å². The third-order valence-corrected chi connectivity index (χ3v) is 4.90. The summed E-state index contributed by atoms with van der Waals surface area (Å²) in [6.45, 7) is 0. The van der Waals surface area contributed by atoms with Crippen molar-refractivity contribution >= 4 is 23.2 Å². The third-order valence-electron chi connectivity index (χ3n) is 3.94. The van der Waals surface area contributed by atoms with Crippen LogP contribution in [0, 0.1) is 0 Å². The van der Waals surface area contributed by atoms with Crippen molar-refractivity contribution < 1.29 is 18.8 Å². The van der Waals surface area contributed by atoms with E-state index < -0.39 is 0 Å². The lowest BCUT2D eigenvalue weighted by Crippen LogP contribution is -2.49. The molecule has 2 aromatic heterocycles. The van der Waals surface area contributed by atoms with Crippen molar-refractivity contribution in [1.82, 2.24) is 15.8 Å². The van der Waals surface area contributed by atoms with Crippen LogP contribution in [0.3, 0.4) is 0 Å². The number of nitrogens with zero attached hydrogens (tertiary/aromatic N) is 1.